The Labute approximate surface area is 130 Å². The number of amides is 1. The monoisotopic (exact) mass is 307 g/mol. The van der Waals surface area contributed by atoms with Crippen LogP contribution in [0.3, 0.4) is 0 Å². The van der Waals surface area contributed by atoms with Gasteiger partial charge in [-0.05, 0) is 56.9 Å². The lowest BCUT2D eigenvalue weighted by Crippen LogP contribution is -2.38. The molecule has 120 valence electrons. The first kappa shape index (κ1) is 16.6. The first-order valence-corrected chi connectivity index (χ1v) is 7.37. The molecule has 2 N–H and O–H groups in total. The second-order valence-corrected chi connectivity index (χ2v) is 6.34. The number of carbonyl (C=O) groups excluding carboxylic acids is 1. The minimum Gasteiger partial charge on any atom is -0.512 e. The predicted octanol–water partition coefficient (Wildman–Crippen LogP) is 1.37. The number of nitrogens with zero attached hydrogens (tertiary/aromatic N) is 1. The predicted molar refractivity (Wildman–Crippen MR) is 82.5 cm³/mol. The van der Waals surface area contributed by atoms with E-state index in [0.29, 0.717) is 25.3 Å². The third-order valence-electron chi connectivity index (χ3n) is 3.37. The number of rotatable bonds is 2. The van der Waals surface area contributed by atoms with Crippen molar-refractivity contribution in [3.8, 4) is 5.75 Å². The lowest BCUT2D eigenvalue weighted by molar-refractivity contribution is 0.0258. The Bertz CT molecular complexity index is 541. The quantitative estimate of drug-likeness (QED) is 0.807. The zero-order valence-corrected chi connectivity index (χ0v) is 13.2. The highest BCUT2D eigenvalue weighted by atomic mass is 16.6. The van der Waals surface area contributed by atoms with Crippen LogP contribution in [0.1, 0.15) is 31.9 Å². The van der Waals surface area contributed by atoms with Gasteiger partial charge in [0, 0.05) is 13.1 Å². The number of ether oxygens (including phenoxy) is 1. The summed E-state index contributed by atoms with van der Waals surface area (Å²) < 4.78 is 10.3. The lowest BCUT2D eigenvalue weighted by Gasteiger charge is -2.26. The molecule has 0 aromatic heterocycles. The Morgan fingerprint density at radius 1 is 1.18 bits per heavy atom. The van der Waals surface area contributed by atoms with Crippen molar-refractivity contribution in [2.45, 2.75) is 39.2 Å². The number of carbonyl (C=O) groups is 1. The topological polar surface area (TPSA) is 79.2 Å². The van der Waals surface area contributed by atoms with Crippen molar-refractivity contribution in [1.82, 2.24) is 4.90 Å². The minimum absolute atomic E-state index is 0.303. The van der Waals surface area contributed by atoms with Crippen LogP contribution < -0.4 is 4.65 Å². The summed E-state index contributed by atoms with van der Waals surface area (Å²) in [6.45, 7) is 6.71. The molecular weight excluding hydrogens is 285 g/mol. The van der Waals surface area contributed by atoms with Crippen LogP contribution in [0.5, 0.6) is 5.75 Å². The molecule has 1 aliphatic rings. The van der Waals surface area contributed by atoms with E-state index < -0.39 is 12.9 Å². The average Bonchev–Trinajstić information content (AvgIpc) is 2.58. The second-order valence-electron chi connectivity index (χ2n) is 6.34. The van der Waals surface area contributed by atoms with Gasteiger partial charge in [-0.2, -0.15) is 0 Å². The number of hydrogen-bond acceptors (Lipinski definition) is 5. The maximum Gasteiger partial charge on any atom is 0.707 e. The third kappa shape index (κ3) is 4.64. The molecule has 0 spiro atoms. The van der Waals surface area contributed by atoms with E-state index in [1.807, 2.05) is 26.8 Å². The van der Waals surface area contributed by atoms with Gasteiger partial charge in [0.2, 0.25) is 0 Å². The molecule has 0 unspecified atom stereocenters. The van der Waals surface area contributed by atoms with Gasteiger partial charge >= 0.3 is 13.4 Å². The van der Waals surface area contributed by atoms with Crippen LogP contribution in [0.15, 0.2) is 18.2 Å². The summed E-state index contributed by atoms with van der Waals surface area (Å²) in [5.74, 6) is 0.402. The third-order valence-corrected chi connectivity index (χ3v) is 3.37. The molecule has 0 atom stereocenters. The fraction of sp³-hybridized carbons (Fsp3) is 0.533. The maximum atomic E-state index is 12.1. The summed E-state index contributed by atoms with van der Waals surface area (Å²) in [6.07, 6.45) is 1.10. The molecule has 1 aromatic rings. The van der Waals surface area contributed by atoms with Gasteiger partial charge in [-0.25, -0.2) is 4.79 Å². The number of benzene rings is 1. The average molecular weight is 307 g/mol. The molecule has 0 radical (unpaired) electrons. The Morgan fingerprint density at radius 3 is 2.41 bits per heavy atom. The summed E-state index contributed by atoms with van der Waals surface area (Å²) in [4.78, 5) is 13.8. The molecule has 0 aliphatic carbocycles. The van der Waals surface area contributed by atoms with Gasteiger partial charge in [0.15, 0.2) is 0 Å². The van der Waals surface area contributed by atoms with Gasteiger partial charge in [-0.1, -0.05) is 6.07 Å². The Balaban J connectivity index is 2.05. The van der Waals surface area contributed by atoms with Crippen LogP contribution in [-0.2, 0) is 17.6 Å². The van der Waals surface area contributed by atoms with E-state index >= 15 is 0 Å². The normalized spacial score (nSPS) is 14.9. The largest absolute Gasteiger partial charge is 0.707 e. The fourth-order valence-electron chi connectivity index (χ4n) is 2.41. The number of hydrogen-bond donors (Lipinski definition) is 2. The van der Waals surface area contributed by atoms with E-state index in [1.54, 1.807) is 17.0 Å². The molecule has 0 saturated carbocycles. The van der Waals surface area contributed by atoms with Crippen LogP contribution in [0.2, 0.25) is 0 Å². The summed E-state index contributed by atoms with van der Waals surface area (Å²) in [5.41, 5.74) is 1.67. The van der Waals surface area contributed by atoms with Crippen molar-refractivity contribution in [2.75, 3.05) is 13.1 Å². The fourth-order valence-corrected chi connectivity index (χ4v) is 2.41. The van der Waals surface area contributed by atoms with E-state index in [9.17, 15) is 4.79 Å². The zero-order chi connectivity index (χ0) is 16.3. The molecule has 0 bridgehead atoms. The van der Waals surface area contributed by atoms with Crippen molar-refractivity contribution in [2.24, 2.45) is 0 Å². The highest BCUT2D eigenvalue weighted by molar-refractivity contribution is 6.33. The van der Waals surface area contributed by atoms with Crippen LogP contribution in [-0.4, -0.2) is 47.1 Å². The molecular formula is C15H22BNO5. The highest BCUT2D eigenvalue weighted by Gasteiger charge is 2.24. The zero-order valence-electron chi connectivity index (χ0n) is 13.2. The molecule has 1 aliphatic heterocycles. The molecule has 22 heavy (non-hydrogen) atoms. The summed E-state index contributed by atoms with van der Waals surface area (Å²) in [5, 5.41) is 17.7. The Kier molecular flexibility index (Phi) is 4.98. The molecule has 0 fully saturated rings. The summed E-state index contributed by atoms with van der Waals surface area (Å²) in [6, 6.07) is 5.38. The van der Waals surface area contributed by atoms with E-state index in [0.717, 1.165) is 17.5 Å². The van der Waals surface area contributed by atoms with Crippen LogP contribution in [0.4, 0.5) is 4.79 Å². The van der Waals surface area contributed by atoms with E-state index in [4.69, 9.17) is 19.4 Å². The van der Waals surface area contributed by atoms with E-state index in [1.165, 1.54) is 0 Å². The summed E-state index contributed by atoms with van der Waals surface area (Å²) in [7, 11) is -1.83. The second kappa shape index (κ2) is 6.58. The van der Waals surface area contributed by atoms with Gasteiger partial charge in [0.25, 0.3) is 0 Å². The molecule has 1 amide bonds. The van der Waals surface area contributed by atoms with Crippen molar-refractivity contribution >= 4 is 13.4 Å². The Hall–Kier alpha value is -1.73. The lowest BCUT2D eigenvalue weighted by atomic mass is 10.0. The van der Waals surface area contributed by atoms with Crippen molar-refractivity contribution < 1.29 is 24.2 Å². The van der Waals surface area contributed by atoms with Gasteiger partial charge in [0.1, 0.15) is 11.4 Å². The molecule has 1 aromatic carbocycles. The molecule has 1 heterocycles. The molecule has 6 nitrogen and oxygen atoms in total. The first-order chi connectivity index (χ1) is 10.2. The van der Waals surface area contributed by atoms with Gasteiger partial charge in [-0.15, -0.1) is 0 Å². The molecule has 0 saturated heterocycles. The van der Waals surface area contributed by atoms with Crippen LogP contribution >= 0.6 is 0 Å². The number of fused-ring (bicyclic) bond motifs is 1. The van der Waals surface area contributed by atoms with Gasteiger partial charge in [0.05, 0.1) is 0 Å². The van der Waals surface area contributed by atoms with Crippen molar-refractivity contribution in [1.29, 1.82) is 0 Å². The molecule has 2 rings (SSSR count). The van der Waals surface area contributed by atoms with Gasteiger partial charge < -0.3 is 24.3 Å². The minimum atomic E-state index is -1.83. The van der Waals surface area contributed by atoms with E-state index in [2.05, 4.69) is 0 Å². The van der Waals surface area contributed by atoms with Crippen molar-refractivity contribution in [3.63, 3.8) is 0 Å². The SMILES string of the molecule is CC(C)(C)OC(=O)N1CCc2ccc(OB(O)O)cc2CC1. The highest BCUT2D eigenvalue weighted by Crippen LogP contribution is 2.23. The van der Waals surface area contributed by atoms with E-state index in [-0.39, 0.29) is 6.09 Å². The van der Waals surface area contributed by atoms with Gasteiger partial charge in [-0.3, -0.25) is 0 Å². The maximum absolute atomic E-state index is 12.1. The first-order valence-electron chi connectivity index (χ1n) is 7.37. The smallest absolute Gasteiger partial charge is 0.512 e. The summed E-state index contributed by atoms with van der Waals surface area (Å²) >= 11 is 0. The van der Waals surface area contributed by atoms with Crippen LogP contribution in [0.25, 0.3) is 0 Å². The van der Waals surface area contributed by atoms with Crippen LogP contribution in [0, 0.1) is 0 Å². The standard InChI is InChI=1S/C15H22BNO5/c1-15(2,3)21-14(18)17-8-6-11-4-5-13(22-16(19)20)10-12(11)7-9-17/h4-5,10,19-20H,6-9H2,1-3H3. The van der Waals surface area contributed by atoms with Crippen molar-refractivity contribution in [3.05, 3.63) is 29.3 Å². The Morgan fingerprint density at radius 2 is 1.82 bits per heavy atom. The molecule has 7 heteroatoms.